The van der Waals surface area contributed by atoms with E-state index in [2.05, 4.69) is 22.1 Å². The van der Waals surface area contributed by atoms with Gasteiger partial charge in [-0.25, -0.2) is 4.98 Å². The first-order valence-corrected chi connectivity index (χ1v) is 9.88. The summed E-state index contributed by atoms with van der Waals surface area (Å²) < 4.78 is 1.73. The van der Waals surface area contributed by atoms with Crippen molar-refractivity contribution in [3.63, 3.8) is 0 Å². The standard InChI is InChI=1S/C21H24N6O2/c1-2-26(17-10-6-7-11-23-17)21-24-12-15-18(28)16(19(22)29)13-27(20(15)25-21)14-8-4-3-5-9-14/h3-5,8-9,12-13,17,23H,2,6-7,10-11H2,1H3,(H2,22,29). The highest BCUT2D eigenvalue weighted by Gasteiger charge is 2.23. The molecule has 8 heteroatoms. The highest BCUT2D eigenvalue weighted by molar-refractivity contribution is 5.96. The van der Waals surface area contributed by atoms with Crippen molar-refractivity contribution in [1.82, 2.24) is 19.9 Å². The lowest BCUT2D eigenvalue weighted by Crippen LogP contribution is -2.49. The Bertz CT molecular complexity index is 1090. The number of carbonyl (C=O) groups is 1. The molecule has 0 saturated carbocycles. The van der Waals surface area contributed by atoms with Gasteiger partial charge in [-0.2, -0.15) is 4.98 Å². The van der Waals surface area contributed by atoms with Crippen molar-refractivity contribution in [2.24, 2.45) is 5.73 Å². The number of nitrogens with zero attached hydrogens (tertiary/aromatic N) is 4. The first kappa shape index (κ1) is 19.1. The van der Waals surface area contributed by atoms with E-state index in [1.54, 1.807) is 4.57 Å². The zero-order valence-corrected chi connectivity index (χ0v) is 16.3. The number of hydrogen-bond donors (Lipinski definition) is 2. The molecule has 0 bridgehead atoms. The van der Waals surface area contributed by atoms with E-state index in [-0.39, 0.29) is 17.1 Å². The molecule has 1 unspecified atom stereocenters. The van der Waals surface area contributed by atoms with Crippen LogP contribution >= 0.6 is 0 Å². The monoisotopic (exact) mass is 392 g/mol. The molecule has 1 aliphatic heterocycles. The Labute approximate surface area is 168 Å². The number of piperidine rings is 1. The Hall–Kier alpha value is -3.26. The minimum Gasteiger partial charge on any atom is -0.365 e. The summed E-state index contributed by atoms with van der Waals surface area (Å²) in [6.07, 6.45) is 6.45. The lowest BCUT2D eigenvalue weighted by Gasteiger charge is -2.34. The summed E-state index contributed by atoms with van der Waals surface area (Å²) >= 11 is 0. The van der Waals surface area contributed by atoms with Crippen LogP contribution in [-0.2, 0) is 0 Å². The zero-order chi connectivity index (χ0) is 20.4. The van der Waals surface area contributed by atoms with E-state index in [1.165, 1.54) is 12.4 Å². The number of anilines is 1. The maximum Gasteiger partial charge on any atom is 0.254 e. The summed E-state index contributed by atoms with van der Waals surface area (Å²) in [7, 11) is 0. The van der Waals surface area contributed by atoms with Gasteiger partial charge in [-0.05, 0) is 44.9 Å². The third-order valence-electron chi connectivity index (χ3n) is 5.29. The van der Waals surface area contributed by atoms with Crippen LogP contribution in [0, 0.1) is 0 Å². The van der Waals surface area contributed by atoms with Crippen LogP contribution in [0.3, 0.4) is 0 Å². The highest BCUT2D eigenvalue weighted by Crippen LogP contribution is 2.21. The van der Waals surface area contributed by atoms with Crippen LogP contribution in [0.1, 0.15) is 36.5 Å². The van der Waals surface area contributed by atoms with Crippen molar-refractivity contribution in [3.8, 4) is 5.69 Å². The first-order chi connectivity index (χ1) is 14.1. The number of pyridine rings is 1. The minimum absolute atomic E-state index is 0.0843. The number of fused-ring (bicyclic) bond motifs is 1. The molecule has 1 aromatic carbocycles. The van der Waals surface area contributed by atoms with Crippen molar-refractivity contribution in [2.45, 2.75) is 32.4 Å². The molecule has 3 heterocycles. The molecular weight excluding hydrogens is 368 g/mol. The largest absolute Gasteiger partial charge is 0.365 e. The topological polar surface area (TPSA) is 106 Å². The van der Waals surface area contributed by atoms with Crippen molar-refractivity contribution >= 4 is 22.9 Å². The Balaban J connectivity index is 1.92. The second-order valence-corrected chi connectivity index (χ2v) is 7.10. The number of para-hydroxylation sites is 1. The van der Waals surface area contributed by atoms with Gasteiger partial charge in [0.15, 0.2) is 5.65 Å². The predicted molar refractivity (Wildman–Crippen MR) is 112 cm³/mol. The van der Waals surface area contributed by atoms with Gasteiger partial charge in [-0.3, -0.25) is 14.9 Å². The SMILES string of the molecule is CCN(c1ncc2c(=O)c(C(N)=O)cn(-c3ccccc3)c2n1)C1CCCCN1. The molecule has 1 saturated heterocycles. The maximum absolute atomic E-state index is 12.8. The van der Waals surface area contributed by atoms with E-state index in [0.717, 1.165) is 38.0 Å². The maximum atomic E-state index is 12.8. The number of carbonyl (C=O) groups excluding carboxylic acids is 1. The van der Waals surface area contributed by atoms with Crippen LogP contribution in [-0.4, -0.2) is 39.7 Å². The smallest absolute Gasteiger partial charge is 0.254 e. The molecule has 150 valence electrons. The molecule has 1 amide bonds. The second kappa shape index (κ2) is 8.00. The van der Waals surface area contributed by atoms with Crippen LogP contribution < -0.4 is 21.4 Å². The fraction of sp³-hybridized carbons (Fsp3) is 0.333. The Morgan fingerprint density at radius 2 is 2.10 bits per heavy atom. The second-order valence-electron chi connectivity index (χ2n) is 7.10. The van der Waals surface area contributed by atoms with E-state index in [9.17, 15) is 9.59 Å². The van der Waals surface area contributed by atoms with E-state index in [0.29, 0.717) is 11.6 Å². The number of amides is 1. The summed E-state index contributed by atoms with van der Waals surface area (Å²) in [4.78, 5) is 35.9. The molecule has 8 nitrogen and oxygen atoms in total. The van der Waals surface area contributed by atoms with Crippen molar-refractivity contribution < 1.29 is 4.79 Å². The molecule has 2 aromatic heterocycles. The van der Waals surface area contributed by atoms with E-state index >= 15 is 0 Å². The zero-order valence-electron chi connectivity index (χ0n) is 16.3. The van der Waals surface area contributed by atoms with Crippen LogP contribution in [0.15, 0.2) is 47.5 Å². The highest BCUT2D eigenvalue weighted by atomic mass is 16.2. The molecule has 1 aliphatic rings. The average molecular weight is 392 g/mol. The molecule has 3 N–H and O–H groups in total. The third kappa shape index (κ3) is 3.58. The molecular formula is C21H24N6O2. The van der Waals surface area contributed by atoms with Crippen molar-refractivity contribution in [2.75, 3.05) is 18.0 Å². The first-order valence-electron chi connectivity index (χ1n) is 9.88. The third-order valence-corrected chi connectivity index (χ3v) is 5.29. The van der Waals surface area contributed by atoms with Crippen LogP contribution in [0.2, 0.25) is 0 Å². The van der Waals surface area contributed by atoms with Gasteiger partial charge in [-0.15, -0.1) is 0 Å². The molecule has 1 fully saturated rings. The number of nitrogens with two attached hydrogens (primary N) is 1. The molecule has 0 radical (unpaired) electrons. The molecule has 0 spiro atoms. The summed E-state index contributed by atoms with van der Waals surface area (Å²) in [6.45, 7) is 3.76. The normalized spacial score (nSPS) is 16.7. The molecule has 0 aliphatic carbocycles. The fourth-order valence-electron chi connectivity index (χ4n) is 3.80. The predicted octanol–water partition coefficient (Wildman–Crippen LogP) is 1.81. The fourth-order valence-corrected chi connectivity index (χ4v) is 3.80. The van der Waals surface area contributed by atoms with Crippen molar-refractivity contribution in [1.29, 1.82) is 0 Å². The van der Waals surface area contributed by atoms with Gasteiger partial charge >= 0.3 is 0 Å². The summed E-state index contributed by atoms with van der Waals surface area (Å²) in [6, 6.07) is 9.44. The lowest BCUT2D eigenvalue weighted by atomic mass is 10.1. The number of benzene rings is 1. The Morgan fingerprint density at radius 1 is 1.31 bits per heavy atom. The van der Waals surface area contributed by atoms with Gasteiger partial charge in [0.05, 0.1) is 11.6 Å². The summed E-state index contributed by atoms with van der Waals surface area (Å²) in [5.74, 6) is -0.220. The van der Waals surface area contributed by atoms with Gasteiger partial charge in [0, 0.05) is 24.6 Å². The molecule has 4 rings (SSSR count). The van der Waals surface area contributed by atoms with Crippen LogP contribution in [0.5, 0.6) is 0 Å². The number of primary amides is 1. The lowest BCUT2D eigenvalue weighted by molar-refractivity contribution is 0.0999. The van der Waals surface area contributed by atoms with E-state index in [1.807, 2.05) is 30.3 Å². The number of rotatable bonds is 5. The van der Waals surface area contributed by atoms with Gasteiger partial charge in [0.1, 0.15) is 5.56 Å². The quantitative estimate of drug-likeness (QED) is 0.686. The van der Waals surface area contributed by atoms with Gasteiger partial charge in [0.25, 0.3) is 5.91 Å². The van der Waals surface area contributed by atoms with Crippen LogP contribution in [0.25, 0.3) is 16.7 Å². The Morgan fingerprint density at radius 3 is 2.76 bits per heavy atom. The number of hydrogen-bond acceptors (Lipinski definition) is 6. The van der Waals surface area contributed by atoms with Gasteiger partial charge in [-0.1, -0.05) is 18.2 Å². The number of aromatic nitrogens is 3. The summed E-state index contributed by atoms with van der Waals surface area (Å²) in [5.41, 5.74) is 6.13. The molecule has 3 aromatic rings. The molecule has 1 atom stereocenters. The summed E-state index contributed by atoms with van der Waals surface area (Å²) in [5, 5.41) is 3.78. The van der Waals surface area contributed by atoms with E-state index < -0.39 is 11.3 Å². The van der Waals surface area contributed by atoms with Gasteiger partial charge in [0.2, 0.25) is 11.4 Å². The minimum atomic E-state index is -0.771. The average Bonchev–Trinajstić information content (AvgIpc) is 2.76. The van der Waals surface area contributed by atoms with Crippen molar-refractivity contribution in [3.05, 3.63) is 58.5 Å². The van der Waals surface area contributed by atoms with Crippen LogP contribution in [0.4, 0.5) is 5.95 Å². The van der Waals surface area contributed by atoms with Gasteiger partial charge < -0.3 is 15.2 Å². The number of nitrogens with one attached hydrogen (secondary N) is 1. The Kier molecular flexibility index (Phi) is 5.26. The van der Waals surface area contributed by atoms with E-state index in [4.69, 9.17) is 10.7 Å². The molecule has 29 heavy (non-hydrogen) atoms.